The Morgan fingerprint density at radius 2 is 2.24 bits per heavy atom. The number of thiophene rings is 1. The Morgan fingerprint density at radius 3 is 2.76 bits per heavy atom. The van der Waals surface area contributed by atoms with Crippen molar-refractivity contribution in [2.45, 2.75) is 26.7 Å². The van der Waals surface area contributed by atoms with Crippen LogP contribution in [-0.2, 0) is 0 Å². The second-order valence-corrected chi connectivity index (χ2v) is 4.91. The summed E-state index contributed by atoms with van der Waals surface area (Å²) in [4.78, 5) is 14.4. The van der Waals surface area contributed by atoms with E-state index in [1.54, 1.807) is 7.05 Å². The molecule has 3 N–H and O–H groups in total. The van der Waals surface area contributed by atoms with Crippen LogP contribution in [-0.4, -0.2) is 26.0 Å². The molecule has 0 spiro atoms. The molecule has 0 bridgehead atoms. The standard InChI is InChI=1S/C12H21N3OS/c1-4-6-7-15(5-2)10-8-9(13)11(17-10)12(16)14-3/h8H,4-7,13H2,1-3H3,(H,14,16). The highest BCUT2D eigenvalue weighted by molar-refractivity contribution is 7.18. The van der Waals surface area contributed by atoms with E-state index in [1.165, 1.54) is 17.8 Å². The first-order valence-corrected chi connectivity index (χ1v) is 6.82. The van der Waals surface area contributed by atoms with Gasteiger partial charge in [-0.05, 0) is 19.4 Å². The molecule has 96 valence electrons. The highest BCUT2D eigenvalue weighted by Crippen LogP contribution is 2.32. The third-order valence-electron chi connectivity index (χ3n) is 2.66. The number of carbonyl (C=O) groups excluding carboxylic acids is 1. The van der Waals surface area contributed by atoms with Gasteiger partial charge in [0.15, 0.2) is 0 Å². The third-order valence-corrected chi connectivity index (χ3v) is 3.87. The molecular formula is C12H21N3OS. The van der Waals surface area contributed by atoms with E-state index in [2.05, 4.69) is 24.1 Å². The highest BCUT2D eigenvalue weighted by Gasteiger charge is 2.15. The zero-order valence-corrected chi connectivity index (χ0v) is 11.6. The summed E-state index contributed by atoms with van der Waals surface area (Å²) in [6, 6.07) is 1.90. The molecule has 1 aromatic rings. The zero-order valence-electron chi connectivity index (χ0n) is 10.7. The van der Waals surface area contributed by atoms with Crippen LogP contribution in [0.3, 0.4) is 0 Å². The van der Waals surface area contributed by atoms with Crippen LogP contribution in [0.5, 0.6) is 0 Å². The fraction of sp³-hybridized carbons (Fsp3) is 0.583. The van der Waals surface area contributed by atoms with Crippen molar-refractivity contribution in [3.8, 4) is 0 Å². The predicted molar refractivity (Wildman–Crippen MR) is 74.9 cm³/mol. The summed E-state index contributed by atoms with van der Waals surface area (Å²) < 4.78 is 0. The van der Waals surface area contributed by atoms with Crippen molar-refractivity contribution in [3.05, 3.63) is 10.9 Å². The molecule has 0 aliphatic heterocycles. The van der Waals surface area contributed by atoms with Crippen LogP contribution in [0.25, 0.3) is 0 Å². The van der Waals surface area contributed by atoms with Crippen molar-refractivity contribution in [3.63, 3.8) is 0 Å². The van der Waals surface area contributed by atoms with Crippen LogP contribution in [0, 0.1) is 0 Å². The van der Waals surface area contributed by atoms with Crippen LogP contribution in [0.4, 0.5) is 10.7 Å². The Balaban J connectivity index is 2.86. The second kappa shape index (κ2) is 6.49. The largest absolute Gasteiger partial charge is 0.397 e. The number of hydrogen-bond acceptors (Lipinski definition) is 4. The molecule has 0 fully saturated rings. The van der Waals surface area contributed by atoms with Gasteiger partial charge in [0.05, 0.1) is 10.7 Å². The molecule has 0 unspecified atom stereocenters. The zero-order chi connectivity index (χ0) is 12.8. The normalized spacial score (nSPS) is 10.3. The van der Waals surface area contributed by atoms with Crippen molar-refractivity contribution in [1.29, 1.82) is 0 Å². The average Bonchev–Trinajstić information content (AvgIpc) is 2.71. The lowest BCUT2D eigenvalue weighted by Gasteiger charge is -2.20. The maximum absolute atomic E-state index is 11.6. The molecule has 1 amide bonds. The number of nitrogens with two attached hydrogens (primary N) is 1. The van der Waals surface area contributed by atoms with Crippen LogP contribution >= 0.6 is 11.3 Å². The Labute approximate surface area is 107 Å². The molecule has 17 heavy (non-hydrogen) atoms. The van der Waals surface area contributed by atoms with E-state index in [-0.39, 0.29) is 5.91 Å². The SMILES string of the molecule is CCCCN(CC)c1cc(N)c(C(=O)NC)s1. The van der Waals surface area contributed by atoms with E-state index in [0.717, 1.165) is 24.5 Å². The van der Waals surface area contributed by atoms with Crippen molar-refractivity contribution < 1.29 is 4.79 Å². The summed E-state index contributed by atoms with van der Waals surface area (Å²) in [7, 11) is 1.62. The number of unbranched alkanes of at least 4 members (excludes halogenated alkanes) is 1. The molecule has 0 radical (unpaired) electrons. The Kier molecular flexibility index (Phi) is 5.28. The van der Waals surface area contributed by atoms with Gasteiger partial charge in [-0.15, -0.1) is 11.3 Å². The number of nitrogens with zero attached hydrogens (tertiary/aromatic N) is 1. The summed E-state index contributed by atoms with van der Waals surface area (Å²) in [6.45, 7) is 6.24. The first-order valence-electron chi connectivity index (χ1n) is 6.00. The molecule has 0 aliphatic rings. The van der Waals surface area contributed by atoms with Gasteiger partial charge in [-0.2, -0.15) is 0 Å². The number of rotatable bonds is 6. The summed E-state index contributed by atoms with van der Waals surface area (Å²) >= 11 is 1.46. The first kappa shape index (κ1) is 13.8. The van der Waals surface area contributed by atoms with Gasteiger partial charge in [-0.3, -0.25) is 4.79 Å². The van der Waals surface area contributed by atoms with Crippen LogP contribution in [0.1, 0.15) is 36.4 Å². The molecular weight excluding hydrogens is 234 g/mol. The lowest BCUT2D eigenvalue weighted by Crippen LogP contribution is -2.22. The minimum absolute atomic E-state index is 0.106. The van der Waals surface area contributed by atoms with Gasteiger partial charge in [0.2, 0.25) is 0 Å². The summed E-state index contributed by atoms with van der Waals surface area (Å²) in [5.41, 5.74) is 6.43. The van der Waals surface area contributed by atoms with Gasteiger partial charge < -0.3 is 16.0 Å². The Bertz CT molecular complexity index is 376. The van der Waals surface area contributed by atoms with Gasteiger partial charge in [-0.25, -0.2) is 0 Å². The fourth-order valence-electron chi connectivity index (χ4n) is 1.61. The molecule has 1 aromatic heterocycles. The van der Waals surface area contributed by atoms with Gasteiger partial charge in [0.25, 0.3) is 5.91 Å². The number of hydrogen-bond donors (Lipinski definition) is 2. The van der Waals surface area contributed by atoms with Crippen LogP contribution < -0.4 is 16.0 Å². The minimum atomic E-state index is -0.106. The molecule has 5 heteroatoms. The van der Waals surface area contributed by atoms with E-state index < -0.39 is 0 Å². The van der Waals surface area contributed by atoms with Gasteiger partial charge in [-0.1, -0.05) is 13.3 Å². The molecule has 0 atom stereocenters. The number of anilines is 2. The fourth-order valence-corrected chi connectivity index (χ4v) is 2.73. The lowest BCUT2D eigenvalue weighted by atomic mass is 10.3. The van der Waals surface area contributed by atoms with Gasteiger partial charge in [0, 0.05) is 20.1 Å². The molecule has 0 aliphatic carbocycles. The monoisotopic (exact) mass is 255 g/mol. The van der Waals surface area contributed by atoms with E-state index in [0.29, 0.717) is 10.6 Å². The van der Waals surface area contributed by atoms with Gasteiger partial charge >= 0.3 is 0 Å². The van der Waals surface area contributed by atoms with Crippen molar-refractivity contribution in [2.75, 3.05) is 30.8 Å². The summed E-state index contributed by atoms with van der Waals surface area (Å²) in [5.74, 6) is -0.106. The van der Waals surface area contributed by atoms with Crippen molar-refractivity contribution in [1.82, 2.24) is 5.32 Å². The van der Waals surface area contributed by atoms with Crippen molar-refractivity contribution >= 4 is 27.9 Å². The van der Waals surface area contributed by atoms with Crippen molar-refractivity contribution in [2.24, 2.45) is 0 Å². The highest BCUT2D eigenvalue weighted by atomic mass is 32.1. The third kappa shape index (κ3) is 3.36. The number of carbonyl (C=O) groups is 1. The maximum Gasteiger partial charge on any atom is 0.263 e. The molecule has 0 saturated heterocycles. The van der Waals surface area contributed by atoms with E-state index in [9.17, 15) is 4.79 Å². The molecule has 4 nitrogen and oxygen atoms in total. The van der Waals surface area contributed by atoms with E-state index in [1.807, 2.05) is 6.07 Å². The van der Waals surface area contributed by atoms with Crippen LogP contribution in [0.15, 0.2) is 6.07 Å². The number of amides is 1. The van der Waals surface area contributed by atoms with Crippen LogP contribution in [0.2, 0.25) is 0 Å². The summed E-state index contributed by atoms with van der Waals surface area (Å²) in [6.07, 6.45) is 2.32. The average molecular weight is 255 g/mol. The predicted octanol–water partition coefficient (Wildman–Crippen LogP) is 2.32. The lowest BCUT2D eigenvalue weighted by molar-refractivity contribution is 0.0968. The second-order valence-electron chi connectivity index (χ2n) is 3.88. The first-order chi connectivity index (χ1) is 8.13. The smallest absolute Gasteiger partial charge is 0.263 e. The summed E-state index contributed by atoms with van der Waals surface area (Å²) in [5, 5.41) is 3.69. The molecule has 0 aromatic carbocycles. The maximum atomic E-state index is 11.6. The Morgan fingerprint density at radius 1 is 1.53 bits per heavy atom. The van der Waals surface area contributed by atoms with E-state index in [4.69, 9.17) is 5.73 Å². The number of nitrogens with one attached hydrogen (secondary N) is 1. The quantitative estimate of drug-likeness (QED) is 0.820. The topological polar surface area (TPSA) is 58.4 Å². The molecule has 0 saturated carbocycles. The Hall–Kier alpha value is -1.23. The number of nitrogen functional groups attached to an aromatic ring is 1. The minimum Gasteiger partial charge on any atom is -0.397 e. The van der Waals surface area contributed by atoms with E-state index >= 15 is 0 Å². The molecule has 1 rings (SSSR count). The van der Waals surface area contributed by atoms with Gasteiger partial charge in [0.1, 0.15) is 4.88 Å². The molecule has 1 heterocycles.